The first-order chi connectivity index (χ1) is 14.1. The number of nitrogens with one attached hydrogen (secondary N) is 2. The quantitative estimate of drug-likeness (QED) is 0.680. The number of H-pyrrole nitrogens is 1. The van der Waals surface area contributed by atoms with Crippen LogP contribution >= 0.6 is 0 Å². The summed E-state index contributed by atoms with van der Waals surface area (Å²) in [6.45, 7) is 1.79. The molecule has 2 N–H and O–H groups in total. The summed E-state index contributed by atoms with van der Waals surface area (Å²) in [7, 11) is 0. The number of aromatic amines is 1. The third kappa shape index (κ3) is 4.54. The normalized spacial score (nSPS) is 13.8. The molecule has 0 bridgehead atoms. The molecule has 6 heteroatoms. The molecule has 1 saturated heterocycles. The number of carbonyl (C=O) groups excluding carboxylic acids is 2. The van der Waals surface area contributed by atoms with Gasteiger partial charge in [-0.1, -0.05) is 42.5 Å². The molecule has 0 radical (unpaired) electrons. The highest BCUT2D eigenvalue weighted by atomic mass is 16.2. The van der Waals surface area contributed by atoms with Crippen LogP contribution in [0.4, 0.5) is 0 Å². The summed E-state index contributed by atoms with van der Waals surface area (Å²) >= 11 is 0. The number of pyridine rings is 1. The first-order valence-electron chi connectivity index (χ1n) is 9.82. The lowest BCUT2D eigenvalue weighted by Crippen LogP contribution is -2.27. The fraction of sp³-hybridized carbons (Fsp3) is 0.261. The van der Waals surface area contributed by atoms with E-state index in [0.29, 0.717) is 25.1 Å². The first kappa shape index (κ1) is 18.9. The Labute approximate surface area is 168 Å². The third-order valence-corrected chi connectivity index (χ3v) is 5.21. The topological polar surface area (TPSA) is 82.3 Å². The van der Waals surface area contributed by atoms with Gasteiger partial charge in [0.05, 0.1) is 6.42 Å². The summed E-state index contributed by atoms with van der Waals surface area (Å²) in [6.07, 6.45) is 1.58. The number of benzene rings is 2. The molecular weight excluding hydrogens is 366 g/mol. The Hall–Kier alpha value is -3.41. The van der Waals surface area contributed by atoms with Gasteiger partial charge in [-0.2, -0.15) is 0 Å². The zero-order valence-electron chi connectivity index (χ0n) is 16.1. The second-order valence-corrected chi connectivity index (χ2v) is 7.40. The molecule has 3 aromatic rings. The van der Waals surface area contributed by atoms with Crippen molar-refractivity contribution in [2.24, 2.45) is 0 Å². The maximum Gasteiger partial charge on any atom is 0.252 e. The van der Waals surface area contributed by atoms with Crippen LogP contribution in [-0.2, 0) is 29.1 Å². The van der Waals surface area contributed by atoms with Crippen molar-refractivity contribution in [3.63, 3.8) is 0 Å². The molecule has 0 atom stereocenters. The van der Waals surface area contributed by atoms with Gasteiger partial charge in [-0.25, -0.2) is 0 Å². The number of hydrogen-bond acceptors (Lipinski definition) is 3. The van der Waals surface area contributed by atoms with E-state index in [0.717, 1.165) is 35.0 Å². The summed E-state index contributed by atoms with van der Waals surface area (Å²) in [5.74, 6) is -0.00443. The number of fused-ring (bicyclic) bond motifs is 1. The standard InChI is InChI=1S/C23H23N3O3/c27-21(13-19-12-18-7-1-2-8-20(18)25-23(19)29)24-14-16-5-3-6-17(11-16)15-26-10-4-9-22(26)28/h1-3,5-8,11-12H,4,9-10,13-15H2,(H,24,27)(H,25,29). The van der Waals surface area contributed by atoms with Crippen molar-refractivity contribution >= 4 is 22.7 Å². The smallest absolute Gasteiger partial charge is 0.252 e. The predicted molar refractivity (Wildman–Crippen MR) is 111 cm³/mol. The van der Waals surface area contributed by atoms with Crippen molar-refractivity contribution in [2.45, 2.75) is 32.4 Å². The summed E-state index contributed by atoms with van der Waals surface area (Å²) in [5.41, 5.74) is 2.99. The fourth-order valence-electron chi connectivity index (χ4n) is 3.69. The minimum atomic E-state index is -0.240. The Morgan fingerprint density at radius 2 is 1.86 bits per heavy atom. The van der Waals surface area contributed by atoms with Crippen LogP contribution in [0.3, 0.4) is 0 Å². The number of likely N-dealkylation sites (tertiary alicyclic amines) is 1. The van der Waals surface area contributed by atoms with Crippen molar-refractivity contribution < 1.29 is 9.59 Å². The monoisotopic (exact) mass is 389 g/mol. The largest absolute Gasteiger partial charge is 0.352 e. The summed E-state index contributed by atoms with van der Waals surface area (Å²) < 4.78 is 0. The molecule has 1 aliphatic rings. The second kappa shape index (κ2) is 8.31. The molecule has 148 valence electrons. The van der Waals surface area contributed by atoms with E-state index < -0.39 is 0 Å². The molecule has 4 rings (SSSR count). The molecule has 1 aromatic heterocycles. The van der Waals surface area contributed by atoms with E-state index in [1.54, 1.807) is 6.07 Å². The Bertz CT molecular complexity index is 1120. The van der Waals surface area contributed by atoms with E-state index in [1.165, 1.54) is 0 Å². The maximum absolute atomic E-state index is 12.4. The molecule has 0 unspecified atom stereocenters. The fourth-order valence-corrected chi connectivity index (χ4v) is 3.69. The van der Waals surface area contributed by atoms with E-state index in [1.807, 2.05) is 53.4 Å². The van der Waals surface area contributed by atoms with Gasteiger partial charge in [0.25, 0.3) is 5.56 Å². The van der Waals surface area contributed by atoms with E-state index >= 15 is 0 Å². The molecular formula is C23H23N3O3. The molecule has 0 spiro atoms. The van der Waals surface area contributed by atoms with Gasteiger partial charge in [0.15, 0.2) is 0 Å². The Morgan fingerprint density at radius 1 is 1.03 bits per heavy atom. The van der Waals surface area contributed by atoms with Gasteiger partial charge in [-0.15, -0.1) is 0 Å². The van der Waals surface area contributed by atoms with Crippen LogP contribution < -0.4 is 10.9 Å². The van der Waals surface area contributed by atoms with Crippen LogP contribution in [0.1, 0.15) is 29.5 Å². The van der Waals surface area contributed by atoms with Gasteiger partial charge in [-0.05, 0) is 35.1 Å². The number of aromatic nitrogens is 1. The lowest BCUT2D eigenvalue weighted by molar-refractivity contribution is -0.128. The molecule has 0 aliphatic carbocycles. The molecule has 29 heavy (non-hydrogen) atoms. The van der Waals surface area contributed by atoms with Crippen LogP contribution in [0.5, 0.6) is 0 Å². The highest BCUT2D eigenvalue weighted by Crippen LogP contribution is 2.15. The molecule has 2 heterocycles. The Kier molecular flexibility index (Phi) is 5.42. The van der Waals surface area contributed by atoms with Crippen LogP contribution in [0.15, 0.2) is 59.4 Å². The first-order valence-corrected chi connectivity index (χ1v) is 9.82. The lowest BCUT2D eigenvalue weighted by Gasteiger charge is -2.16. The maximum atomic E-state index is 12.4. The minimum absolute atomic E-state index is 0.0299. The number of nitrogens with zero attached hydrogens (tertiary/aromatic N) is 1. The molecule has 1 fully saturated rings. The number of rotatable bonds is 6. The van der Waals surface area contributed by atoms with Crippen molar-refractivity contribution in [1.29, 1.82) is 0 Å². The van der Waals surface area contributed by atoms with Gasteiger partial charge in [0.1, 0.15) is 0 Å². The van der Waals surface area contributed by atoms with E-state index in [-0.39, 0.29) is 23.8 Å². The zero-order chi connectivity index (χ0) is 20.2. The van der Waals surface area contributed by atoms with Crippen molar-refractivity contribution in [2.75, 3.05) is 6.54 Å². The van der Waals surface area contributed by atoms with Gasteiger partial charge >= 0.3 is 0 Å². The summed E-state index contributed by atoms with van der Waals surface area (Å²) in [4.78, 5) is 41.1. The van der Waals surface area contributed by atoms with Crippen LogP contribution in [0.2, 0.25) is 0 Å². The number of para-hydroxylation sites is 1. The molecule has 2 aromatic carbocycles. The van der Waals surface area contributed by atoms with E-state index in [4.69, 9.17) is 0 Å². The molecule has 2 amide bonds. The average Bonchev–Trinajstić information content (AvgIpc) is 3.12. The molecule has 0 saturated carbocycles. The number of carbonyl (C=O) groups is 2. The number of amides is 2. The zero-order valence-corrected chi connectivity index (χ0v) is 16.1. The average molecular weight is 389 g/mol. The van der Waals surface area contributed by atoms with Gasteiger partial charge in [0.2, 0.25) is 11.8 Å². The Morgan fingerprint density at radius 3 is 2.69 bits per heavy atom. The summed E-state index contributed by atoms with van der Waals surface area (Å²) in [5, 5.41) is 3.78. The van der Waals surface area contributed by atoms with Crippen LogP contribution in [0.25, 0.3) is 10.9 Å². The van der Waals surface area contributed by atoms with Crippen LogP contribution in [-0.4, -0.2) is 28.2 Å². The lowest BCUT2D eigenvalue weighted by atomic mass is 10.1. The van der Waals surface area contributed by atoms with Gasteiger partial charge < -0.3 is 15.2 Å². The van der Waals surface area contributed by atoms with Crippen molar-refractivity contribution in [3.8, 4) is 0 Å². The van der Waals surface area contributed by atoms with Gasteiger partial charge in [-0.3, -0.25) is 14.4 Å². The van der Waals surface area contributed by atoms with Crippen LogP contribution in [0, 0.1) is 0 Å². The predicted octanol–water partition coefficient (Wildman–Crippen LogP) is 2.51. The van der Waals surface area contributed by atoms with Gasteiger partial charge in [0, 0.05) is 37.1 Å². The van der Waals surface area contributed by atoms with Crippen molar-refractivity contribution in [1.82, 2.24) is 15.2 Å². The Balaban J connectivity index is 1.37. The minimum Gasteiger partial charge on any atom is -0.352 e. The highest BCUT2D eigenvalue weighted by molar-refractivity contribution is 5.82. The van der Waals surface area contributed by atoms with E-state index in [2.05, 4.69) is 10.3 Å². The SMILES string of the molecule is O=C(Cc1cc2ccccc2[nH]c1=O)NCc1cccc(CN2CCCC2=O)c1. The third-order valence-electron chi connectivity index (χ3n) is 5.21. The molecule has 1 aliphatic heterocycles. The van der Waals surface area contributed by atoms with Crippen molar-refractivity contribution in [3.05, 3.63) is 81.6 Å². The molecule has 6 nitrogen and oxygen atoms in total. The number of hydrogen-bond donors (Lipinski definition) is 2. The van der Waals surface area contributed by atoms with E-state index in [9.17, 15) is 14.4 Å². The second-order valence-electron chi connectivity index (χ2n) is 7.40. The highest BCUT2D eigenvalue weighted by Gasteiger charge is 2.20. The summed E-state index contributed by atoms with van der Waals surface area (Å²) in [6, 6.07) is 17.1.